The first kappa shape index (κ1) is 40.9. The van der Waals surface area contributed by atoms with Gasteiger partial charge in [-0.2, -0.15) is 0 Å². The second-order valence-corrected chi connectivity index (χ2v) is 0. The van der Waals surface area contributed by atoms with Crippen LogP contribution in [0, 0.1) is 0 Å². The second-order valence-electron chi connectivity index (χ2n) is 0. The van der Waals surface area contributed by atoms with Gasteiger partial charge in [-0.05, 0) is 11.0 Å². The zero-order valence-corrected chi connectivity index (χ0v) is 18.8. The van der Waals surface area contributed by atoms with E-state index in [1.54, 1.807) is 0 Å². The maximum atomic E-state index is 0. The molecule has 0 saturated heterocycles. The quantitative estimate of drug-likeness (QED) is 0.432. The van der Waals surface area contributed by atoms with Gasteiger partial charge in [0.1, 0.15) is 0 Å². The fourth-order valence-electron chi connectivity index (χ4n) is 0. The van der Waals surface area contributed by atoms with Gasteiger partial charge in [0.2, 0.25) is 0 Å². The van der Waals surface area contributed by atoms with E-state index >= 15 is 0 Å². The van der Waals surface area contributed by atoms with Crippen molar-refractivity contribution in [3.05, 3.63) is 0 Å². The Morgan fingerprint density at radius 3 is 1.17 bits per heavy atom. The van der Waals surface area contributed by atoms with Crippen molar-refractivity contribution in [2.75, 3.05) is 0 Å². The fraction of sp³-hybridized carbons (Fsp3) is 0. The molecule has 0 unspecified atom stereocenters. The first-order valence-electron chi connectivity index (χ1n) is 0. The van der Waals surface area contributed by atoms with Crippen molar-refractivity contribution in [2.45, 2.75) is 0 Å². The molecule has 0 aliphatic carbocycles. The van der Waals surface area contributed by atoms with Gasteiger partial charge >= 0.3 is 155 Å². The fourth-order valence-corrected chi connectivity index (χ4v) is 0. The number of hydrogen-bond donors (Lipinski definition) is 0. The summed E-state index contributed by atoms with van der Waals surface area (Å²) in [5.74, 6) is 0. The SMILES string of the molecule is [Ba+2].[Ca+2].[Fe].[H-].[H-].[H-].[H-].[H-].[H-].[H-].[H-].[Mg+2].[SiH3].[Sr+2]. The Morgan fingerprint density at radius 2 is 1.17 bits per heavy atom. The van der Waals surface area contributed by atoms with Crippen molar-refractivity contribution in [1.82, 2.24) is 0 Å². The third-order valence-electron chi connectivity index (χ3n) is 0. The monoisotopic (exact) mass is 385 g/mol. The van der Waals surface area contributed by atoms with Gasteiger partial charge in [0, 0.05) is 17.1 Å². The van der Waals surface area contributed by atoms with Gasteiger partial charge in [-0.1, -0.05) is 0 Å². The zero-order chi connectivity index (χ0) is 0. The van der Waals surface area contributed by atoms with Crippen LogP contribution < -0.4 is 0 Å². The minimum Gasteiger partial charge on any atom is -1.00 e. The Kier molecular flexibility index (Phi) is 210. The third kappa shape index (κ3) is 22.6. The average Bonchev–Trinajstić information content (AvgIpc) is 0. The Labute approximate surface area is 189 Å². The van der Waals surface area contributed by atoms with Gasteiger partial charge in [-0.25, -0.2) is 0 Å². The molecule has 0 aliphatic rings. The smallest absolute Gasteiger partial charge is 1.00 e. The summed E-state index contributed by atoms with van der Waals surface area (Å²) in [6.45, 7) is 0. The van der Waals surface area contributed by atoms with E-state index in [-0.39, 0.29) is 195 Å². The van der Waals surface area contributed by atoms with Crippen LogP contribution in [0.3, 0.4) is 0 Å². The molecule has 0 atom stereocenters. The molecular weight excluding hydrogens is 373 g/mol. The molecule has 0 N–H and O–H groups in total. The summed E-state index contributed by atoms with van der Waals surface area (Å²) < 4.78 is 0. The predicted molar refractivity (Wildman–Crippen MR) is 41.9 cm³/mol. The van der Waals surface area contributed by atoms with Gasteiger partial charge in [-0.15, -0.1) is 0 Å². The maximum Gasteiger partial charge on any atom is 2.00 e. The van der Waals surface area contributed by atoms with Gasteiger partial charge in [0.15, 0.2) is 0 Å². The molecule has 0 aromatic rings. The van der Waals surface area contributed by atoms with E-state index < -0.39 is 0 Å². The van der Waals surface area contributed by atoms with Gasteiger partial charge in [-0.3, -0.25) is 0 Å². The van der Waals surface area contributed by atoms with Crippen LogP contribution in [0.2, 0.25) is 0 Å². The van der Waals surface area contributed by atoms with Crippen molar-refractivity contribution in [1.29, 1.82) is 0 Å². The van der Waals surface area contributed by atoms with E-state index in [1.165, 1.54) is 0 Å². The molecule has 0 aliphatic heterocycles. The Balaban J connectivity index is 0. The van der Waals surface area contributed by atoms with Gasteiger partial charge in [0.25, 0.3) is 0 Å². The van der Waals surface area contributed by atoms with Gasteiger partial charge in [0.05, 0.1) is 0 Å². The molecule has 0 bridgehead atoms. The topological polar surface area (TPSA) is 0 Å². The third-order valence-corrected chi connectivity index (χ3v) is 0. The van der Waals surface area contributed by atoms with Crippen molar-refractivity contribution in [2.24, 2.45) is 0 Å². The molecule has 0 nitrogen and oxygen atoms in total. The molecule has 0 aromatic heterocycles. The van der Waals surface area contributed by atoms with Crippen LogP contribution in [0.15, 0.2) is 0 Å². The van der Waals surface area contributed by atoms with Crippen LogP contribution >= 0.6 is 0 Å². The molecule has 0 amide bonds. The molecule has 0 spiro atoms. The molecule has 6 heteroatoms. The molecule has 0 heterocycles. The van der Waals surface area contributed by atoms with Crippen LogP contribution in [0.25, 0.3) is 0 Å². The Hall–Kier alpha value is 5.81. The summed E-state index contributed by atoms with van der Waals surface area (Å²) in [4.78, 5) is 0. The first-order valence-corrected chi connectivity index (χ1v) is 0. The minimum absolute atomic E-state index is 0. The molecule has 6 heavy (non-hydrogen) atoms. The van der Waals surface area contributed by atoms with Crippen LogP contribution in [0.5, 0.6) is 0 Å². The summed E-state index contributed by atoms with van der Waals surface area (Å²) in [7, 11) is 0. The first-order chi connectivity index (χ1) is 0. The summed E-state index contributed by atoms with van der Waals surface area (Å²) in [5, 5.41) is 0. The largest absolute Gasteiger partial charge is 2.00 e. The molecular formula is H11BaCaFeMgSiSr. The number of rotatable bonds is 0. The zero-order valence-electron chi connectivity index (χ0n) is 12.2. The van der Waals surface area contributed by atoms with Crippen LogP contribution in [0.1, 0.15) is 11.4 Å². The summed E-state index contributed by atoms with van der Waals surface area (Å²) in [5.41, 5.74) is 0. The molecule has 0 saturated carbocycles. The van der Waals surface area contributed by atoms with Crippen LogP contribution in [0.4, 0.5) is 0 Å². The van der Waals surface area contributed by atoms with Crippen molar-refractivity contribution >= 4 is 166 Å². The van der Waals surface area contributed by atoms with Gasteiger partial charge < -0.3 is 11.4 Å². The van der Waals surface area contributed by atoms with Crippen molar-refractivity contribution in [3.8, 4) is 0 Å². The van der Waals surface area contributed by atoms with E-state index in [0.717, 1.165) is 0 Å². The summed E-state index contributed by atoms with van der Waals surface area (Å²) in [6.07, 6.45) is 0. The molecule has 0 fully saturated rings. The van der Waals surface area contributed by atoms with E-state index in [2.05, 4.69) is 0 Å². The molecule has 31 valence electrons. The normalized spacial score (nSPS) is 0. The minimum atomic E-state index is 0. The summed E-state index contributed by atoms with van der Waals surface area (Å²) >= 11 is 0. The summed E-state index contributed by atoms with van der Waals surface area (Å²) in [6, 6.07) is 0. The molecule has 0 rings (SSSR count). The number of hydrogen-bond acceptors (Lipinski definition) is 0. The van der Waals surface area contributed by atoms with E-state index in [1.807, 2.05) is 0 Å². The van der Waals surface area contributed by atoms with Crippen molar-refractivity contribution in [3.63, 3.8) is 0 Å². The Morgan fingerprint density at radius 1 is 1.17 bits per heavy atom. The second kappa shape index (κ2) is 30.8. The molecule has 0 aromatic carbocycles. The van der Waals surface area contributed by atoms with E-state index in [9.17, 15) is 0 Å². The van der Waals surface area contributed by atoms with E-state index in [4.69, 9.17) is 0 Å². The van der Waals surface area contributed by atoms with Crippen LogP contribution in [-0.2, 0) is 17.1 Å². The Bertz CT molecular complexity index is 29.3. The van der Waals surface area contributed by atoms with Crippen molar-refractivity contribution < 1.29 is 28.5 Å². The van der Waals surface area contributed by atoms with E-state index in [0.29, 0.717) is 0 Å². The predicted octanol–water partition coefficient (Wildman–Crippen LogP) is -1.81. The average molecular weight is 384 g/mol. The maximum absolute atomic E-state index is 0. The molecule has 1 radical (unpaired) electrons. The van der Waals surface area contributed by atoms with Crippen LogP contribution in [-0.4, -0.2) is 166 Å². The standard InChI is InChI=1S/Ba.Ca.Fe.Mg.H3Si.Sr.8H/h;;;;1H3;;;;;;;;;/q2*+2;;+2;;+2;8*-1.